The van der Waals surface area contributed by atoms with E-state index in [1.807, 2.05) is 22.7 Å². The van der Waals surface area contributed by atoms with Crippen molar-refractivity contribution in [2.24, 2.45) is 0 Å². The summed E-state index contributed by atoms with van der Waals surface area (Å²) in [6.45, 7) is 23.8. The molecule has 2 aliphatic carbocycles. The van der Waals surface area contributed by atoms with Crippen LogP contribution in [0.25, 0.3) is 62.6 Å². The molecular formula is C56H51NS2. The molecule has 9 aromatic rings. The molecule has 7 aromatic carbocycles. The number of hydrogen-bond donors (Lipinski definition) is 0. The Morgan fingerprint density at radius 2 is 1.08 bits per heavy atom. The monoisotopic (exact) mass is 801 g/mol. The third kappa shape index (κ3) is 5.20. The molecule has 292 valence electrons. The molecule has 11 rings (SSSR count). The summed E-state index contributed by atoms with van der Waals surface area (Å²) in [7, 11) is 0. The van der Waals surface area contributed by atoms with Crippen LogP contribution in [0.15, 0.2) is 127 Å². The topological polar surface area (TPSA) is 3.24 Å². The second-order valence-corrected chi connectivity index (χ2v) is 22.3. The van der Waals surface area contributed by atoms with E-state index < -0.39 is 0 Å². The number of thiophene rings is 2. The van der Waals surface area contributed by atoms with Crippen molar-refractivity contribution in [1.82, 2.24) is 0 Å². The quantitative estimate of drug-likeness (QED) is 0.172. The van der Waals surface area contributed by atoms with E-state index in [1.165, 1.54) is 113 Å². The normalized spacial score (nSPS) is 15.2. The Morgan fingerprint density at radius 1 is 0.441 bits per heavy atom. The maximum absolute atomic E-state index is 2.58. The van der Waals surface area contributed by atoms with E-state index in [9.17, 15) is 0 Å². The van der Waals surface area contributed by atoms with Gasteiger partial charge in [0, 0.05) is 73.7 Å². The van der Waals surface area contributed by atoms with Crippen LogP contribution in [0.2, 0.25) is 0 Å². The molecule has 2 aliphatic rings. The van der Waals surface area contributed by atoms with Crippen LogP contribution in [-0.4, -0.2) is 0 Å². The Morgan fingerprint density at radius 3 is 1.88 bits per heavy atom. The number of hydrogen-bond acceptors (Lipinski definition) is 3. The average molecular weight is 802 g/mol. The minimum absolute atomic E-state index is 0.00887. The summed E-state index contributed by atoms with van der Waals surface area (Å²) in [6.07, 6.45) is 0. The second kappa shape index (κ2) is 12.2. The van der Waals surface area contributed by atoms with Gasteiger partial charge in [0.1, 0.15) is 0 Å². The van der Waals surface area contributed by atoms with Crippen LogP contribution < -0.4 is 4.90 Å². The molecular weight excluding hydrogens is 751 g/mol. The van der Waals surface area contributed by atoms with Crippen LogP contribution in [0.5, 0.6) is 0 Å². The first-order valence-corrected chi connectivity index (χ1v) is 22.8. The standard InChI is InChI=1S/C56H51NS2/c1-53(2,3)32-28-40-39-26-27-43-50(52(39)59-51(40)45(29-32)54(4,5)6)49-42(56(43,9)10)19-15-20-46(49)57(34-23-25-38-37-17-12-14-21-47(37)58-48(38)31-34)33-22-24-36-35-16-11-13-18-41(35)55(7,8)44(36)30-33/h11-31H,1-10H3. The smallest absolute Gasteiger partial charge is 0.0543 e. The third-order valence-electron chi connectivity index (χ3n) is 13.7. The highest BCUT2D eigenvalue weighted by molar-refractivity contribution is 7.26. The van der Waals surface area contributed by atoms with Crippen molar-refractivity contribution >= 4 is 80.1 Å². The minimum atomic E-state index is -0.170. The fourth-order valence-electron chi connectivity index (χ4n) is 10.5. The van der Waals surface area contributed by atoms with Crippen molar-refractivity contribution in [3.8, 4) is 22.3 Å². The molecule has 59 heavy (non-hydrogen) atoms. The first-order chi connectivity index (χ1) is 28.0. The first kappa shape index (κ1) is 36.8. The van der Waals surface area contributed by atoms with E-state index in [0.29, 0.717) is 0 Å². The minimum Gasteiger partial charge on any atom is -0.310 e. The first-order valence-electron chi connectivity index (χ1n) is 21.2. The van der Waals surface area contributed by atoms with Crippen LogP contribution in [0, 0.1) is 0 Å². The molecule has 2 aromatic heterocycles. The number of benzene rings is 7. The maximum atomic E-state index is 2.58. The Bertz CT molecular complexity index is 3240. The van der Waals surface area contributed by atoms with Crippen LogP contribution in [0.3, 0.4) is 0 Å². The van der Waals surface area contributed by atoms with Crippen molar-refractivity contribution in [3.05, 3.63) is 161 Å². The molecule has 0 saturated heterocycles. The molecule has 0 amide bonds. The summed E-state index contributed by atoms with van der Waals surface area (Å²) < 4.78 is 5.46. The van der Waals surface area contributed by atoms with E-state index in [-0.39, 0.29) is 21.7 Å². The highest BCUT2D eigenvalue weighted by Crippen LogP contribution is 2.59. The van der Waals surface area contributed by atoms with E-state index in [0.717, 1.165) is 0 Å². The molecule has 0 fully saturated rings. The Hall–Kier alpha value is -5.22. The predicted molar refractivity (Wildman–Crippen MR) is 259 cm³/mol. The zero-order valence-electron chi connectivity index (χ0n) is 35.9. The molecule has 0 bridgehead atoms. The van der Waals surface area contributed by atoms with Gasteiger partial charge in [-0.15, -0.1) is 22.7 Å². The van der Waals surface area contributed by atoms with Crippen LogP contribution >= 0.6 is 22.7 Å². The van der Waals surface area contributed by atoms with Crippen LogP contribution in [0.4, 0.5) is 17.1 Å². The SMILES string of the molecule is CC(C)(C)c1cc(C(C)(C)C)c2sc3c4c(ccc3c2c1)C(C)(C)c1cccc(N(c2ccc3c(c2)C(C)(C)c2ccccc2-3)c2ccc3c(c2)sc2ccccc23)c1-4. The Balaban J connectivity index is 1.21. The average Bonchev–Trinajstić information content (AvgIpc) is 3.89. The molecule has 0 saturated carbocycles. The van der Waals surface area contributed by atoms with Crippen LogP contribution in [-0.2, 0) is 21.7 Å². The fraction of sp³-hybridized carbons (Fsp3) is 0.250. The lowest BCUT2D eigenvalue weighted by Gasteiger charge is -2.30. The van der Waals surface area contributed by atoms with E-state index in [4.69, 9.17) is 0 Å². The van der Waals surface area contributed by atoms with Gasteiger partial charge in [-0.05, 0) is 97.8 Å². The van der Waals surface area contributed by atoms with Gasteiger partial charge in [-0.3, -0.25) is 0 Å². The lowest BCUT2D eigenvalue weighted by atomic mass is 9.79. The van der Waals surface area contributed by atoms with Crippen molar-refractivity contribution in [3.63, 3.8) is 0 Å². The summed E-state index contributed by atoms with van der Waals surface area (Å²) in [5.74, 6) is 0. The number of fused-ring (bicyclic) bond motifs is 13. The van der Waals surface area contributed by atoms with Gasteiger partial charge in [0.25, 0.3) is 0 Å². The summed E-state index contributed by atoms with van der Waals surface area (Å²) in [5, 5.41) is 5.41. The predicted octanol–water partition coefficient (Wildman–Crippen LogP) is 17.1. The lowest BCUT2D eigenvalue weighted by molar-refractivity contribution is 0.573. The number of nitrogens with zero attached hydrogens (tertiary/aromatic N) is 1. The molecule has 0 N–H and O–H groups in total. The highest BCUT2D eigenvalue weighted by atomic mass is 32.1. The molecule has 2 heterocycles. The van der Waals surface area contributed by atoms with E-state index >= 15 is 0 Å². The molecule has 3 heteroatoms. The molecule has 0 unspecified atom stereocenters. The highest BCUT2D eigenvalue weighted by Gasteiger charge is 2.41. The van der Waals surface area contributed by atoms with Crippen molar-refractivity contribution in [1.29, 1.82) is 0 Å². The summed E-state index contributed by atoms with van der Waals surface area (Å²) in [4.78, 5) is 2.58. The largest absolute Gasteiger partial charge is 0.310 e. The van der Waals surface area contributed by atoms with Gasteiger partial charge < -0.3 is 4.90 Å². The van der Waals surface area contributed by atoms with Gasteiger partial charge in [-0.25, -0.2) is 0 Å². The van der Waals surface area contributed by atoms with Gasteiger partial charge >= 0.3 is 0 Å². The maximum Gasteiger partial charge on any atom is 0.0543 e. The van der Waals surface area contributed by atoms with Crippen molar-refractivity contribution in [2.45, 2.75) is 90.9 Å². The second-order valence-electron chi connectivity index (χ2n) is 20.2. The lowest BCUT2D eigenvalue weighted by Crippen LogP contribution is -2.17. The molecule has 0 aliphatic heterocycles. The summed E-state index contributed by atoms with van der Waals surface area (Å²) >= 11 is 3.91. The van der Waals surface area contributed by atoms with E-state index in [2.05, 4.69) is 202 Å². The summed E-state index contributed by atoms with van der Waals surface area (Å²) in [6, 6.07) is 49.2. The molecule has 0 atom stereocenters. The summed E-state index contributed by atoms with van der Waals surface area (Å²) in [5.41, 5.74) is 17.3. The molecule has 0 radical (unpaired) electrons. The van der Waals surface area contributed by atoms with Gasteiger partial charge in [-0.1, -0.05) is 154 Å². The zero-order chi connectivity index (χ0) is 41.0. The third-order valence-corrected chi connectivity index (χ3v) is 16.1. The number of rotatable bonds is 3. The molecule has 1 nitrogen and oxygen atoms in total. The van der Waals surface area contributed by atoms with Gasteiger partial charge in [0.15, 0.2) is 0 Å². The van der Waals surface area contributed by atoms with E-state index in [1.54, 1.807) is 0 Å². The van der Waals surface area contributed by atoms with Crippen molar-refractivity contribution in [2.75, 3.05) is 4.90 Å². The Kier molecular flexibility index (Phi) is 7.60. The van der Waals surface area contributed by atoms with Gasteiger partial charge in [-0.2, -0.15) is 0 Å². The van der Waals surface area contributed by atoms with Crippen molar-refractivity contribution < 1.29 is 0 Å². The zero-order valence-corrected chi connectivity index (χ0v) is 37.5. The van der Waals surface area contributed by atoms with Crippen LogP contribution in [0.1, 0.15) is 103 Å². The fourth-order valence-corrected chi connectivity index (χ4v) is 13.2. The Labute approximate surface area is 357 Å². The number of anilines is 3. The van der Waals surface area contributed by atoms with Gasteiger partial charge in [0.2, 0.25) is 0 Å². The molecule has 0 spiro atoms. The van der Waals surface area contributed by atoms with Gasteiger partial charge in [0.05, 0.1) is 5.69 Å².